The fraction of sp³-hybridized carbons (Fsp3) is 0.450. The van der Waals surface area contributed by atoms with Gasteiger partial charge in [0.15, 0.2) is 0 Å². The third kappa shape index (κ3) is 4.79. The van der Waals surface area contributed by atoms with Crippen LogP contribution in [0.25, 0.3) is 0 Å². The van der Waals surface area contributed by atoms with Crippen molar-refractivity contribution in [1.29, 1.82) is 0 Å². The largest absolute Gasteiger partial charge is 0.390 e. The molecule has 0 aliphatic rings. The second-order valence-corrected chi connectivity index (χ2v) is 7.53. The Balaban J connectivity index is 1.91. The van der Waals surface area contributed by atoms with E-state index in [4.69, 9.17) is 0 Å². The molecule has 0 atom stereocenters. The summed E-state index contributed by atoms with van der Waals surface area (Å²) in [5.74, 6) is 0. The Morgan fingerprint density at radius 3 is 2.21 bits per heavy atom. The van der Waals surface area contributed by atoms with Gasteiger partial charge in [-0.2, -0.15) is 0 Å². The molecule has 2 N–H and O–H groups in total. The predicted molar refractivity (Wildman–Crippen MR) is 98.0 cm³/mol. The van der Waals surface area contributed by atoms with E-state index in [9.17, 15) is 9.90 Å². The first-order chi connectivity index (χ1) is 11.2. The van der Waals surface area contributed by atoms with E-state index < -0.39 is 5.60 Å². The maximum Gasteiger partial charge on any atom is 0.250 e. The number of nitrogens with zero attached hydrogens (tertiary/aromatic N) is 1. The second-order valence-electron chi connectivity index (χ2n) is 7.53. The molecule has 1 heterocycles. The monoisotopic (exact) mass is 328 g/mol. The average Bonchev–Trinajstić information content (AvgIpc) is 2.50. The van der Waals surface area contributed by atoms with Crippen molar-refractivity contribution in [2.45, 2.75) is 46.4 Å². The fourth-order valence-corrected chi connectivity index (χ4v) is 2.29. The van der Waals surface area contributed by atoms with Crippen molar-refractivity contribution in [3.05, 3.63) is 70.1 Å². The number of hydrogen-bond donors (Lipinski definition) is 2. The third-order valence-corrected chi connectivity index (χ3v) is 4.83. The van der Waals surface area contributed by atoms with E-state index in [1.54, 1.807) is 22.9 Å². The summed E-state index contributed by atoms with van der Waals surface area (Å²) in [6.45, 7) is 9.87. The van der Waals surface area contributed by atoms with Gasteiger partial charge in [-0.25, -0.2) is 0 Å². The van der Waals surface area contributed by atoms with Gasteiger partial charge in [0.2, 0.25) is 0 Å². The van der Waals surface area contributed by atoms with Crippen molar-refractivity contribution in [3.8, 4) is 0 Å². The molecule has 1 aromatic carbocycles. The quantitative estimate of drug-likeness (QED) is 0.822. The van der Waals surface area contributed by atoms with Gasteiger partial charge in [-0.15, -0.1) is 0 Å². The van der Waals surface area contributed by atoms with Crippen molar-refractivity contribution in [1.82, 2.24) is 9.88 Å². The van der Waals surface area contributed by atoms with Crippen LogP contribution < -0.4 is 10.9 Å². The summed E-state index contributed by atoms with van der Waals surface area (Å²) in [4.78, 5) is 11.7. The van der Waals surface area contributed by atoms with Crippen LogP contribution in [0.3, 0.4) is 0 Å². The van der Waals surface area contributed by atoms with E-state index in [1.165, 1.54) is 5.56 Å². The van der Waals surface area contributed by atoms with Crippen LogP contribution in [0.5, 0.6) is 0 Å². The molecule has 0 fully saturated rings. The minimum atomic E-state index is -0.729. The molecule has 2 aromatic rings. The van der Waals surface area contributed by atoms with E-state index in [2.05, 4.69) is 43.4 Å². The van der Waals surface area contributed by atoms with Gasteiger partial charge in [-0.05, 0) is 31.0 Å². The van der Waals surface area contributed by atoms with Gasteiger partial charge >= 0.3 is 0 Å². The minimum Gasteiger partial charge on any atom is -0.390 e. The summed E-state index contributed by atoms with van der Waals surface area (Å²) in [6, 6.07) is 13.4. The smallest absolute Gasteiger partial charge is 0.250 e. The van der Waals surface area contributed by atoms with Gasteiger partial charge in [-0.1, -0.05) is 44.2 Å². The number of aliphatic hydroxyl groups is 1. The first-order valence-corrected chi connectivity index (χ1v) is 8.35. The summed E-state index contributed by atoms with van der Waals surface area (Å²) < 4.78 is 1.69. The van der Waals surface area contributed by atoms with E-state index in [-0.39, 0.29) is 11.0 Å². The molecule has 2 rings (SSSR count). The summed E-state index contributed by atoms with van der Waals surface area (Å²) in [7, 11) is 0. The zero-order valence-corrected chi connectivity index (χ0v) is 15.0. The van der Waals surface area contributed by atoms with Gasteiger partial charge < -0.3 is 15.0 Å². The molecule has 0 aliphatic carbocycles. The van der Waals surface area contributed by atoms with Crippen LogP contribution in [-0.2, 0) is 13.1 Å². The van der Waals surface area contributed by atoms with E-state index in [0.29, 0.717) is 6.54 Å². The summed E-state index contributed by atoms with van der Waals surface area (Å²) in [5, 5.41) is 13.6. The SMILES string of the molecule is CC(C)(O)C(C)(C)CNCc1ccc(Cn2ccccc2=O)cc1. The molecule has 0 saturated carbocycles. The zero-order chi connectivity index (χ0) is 17.8. The lowest BCUT2D eigenvalue weighted by Gasteiger charge is -2.37. The Morgan fingerprint density at radius 2 is 1.62 bits per heavy atom. The number of aromatic nitrogens is 1. The molecule has 0 amide bonds. The summed E-state index contributed by atoms with van der Waals surface area (Å²) in [5.41, 5.74) is 1.36. The van der Waals surface area contributed by atoms with Gasteiger partial charge in [0.05, 0.1) is 12.1 Å². The lowest BCUT2D eigenvalue weighted by atomic mass is 9.77. The standard InChI is InChI=1S/C20H28N2O2/c1-19(2,20(3,4)24)15-21-13-16-8-10-17(11-9-16)14-22-12-6-5-7-18(22)23/h5-12,21,24H,13-15H2,1-4H3. The van der Waals surface area contributed by atoms with Gasteiger partial charge in [-0.3, -0.25) is 4.79 Å². The summed E-state index contributed by atoms with van der Waals surface area (Å²) >= 11 is 0. The fourth-order valence-electron chi connectivity index (χ4n) is 2.29. The van der Waals surface area contributed by atoms with Crippen LogP contribution in [0.4, 0.5) is 0 Å². The molecule has 0 spiro atoms. The molecule has 4 nitrogen and oxygen atoms in total. The van der Waals surface area contributed by atoms with Gasteiger partial charge in [0.25, 0.3) is 5.56 Å². The molecular weight excluding hydrogens is 300 g/mol. The maximum atomic E-state index is 11.7. The predicted octanol–water partition coefficient (Wildman–Crippen LogP) is 2.78. The highest BCUT2D eigenvalue weighted by atomic mass is 16.3. The van der Waals surface area contributed by atoms with Gasteiger partial charge in [0, 0.05) is 30.8 Å². The van der Waals surface area contributed by atoms with Crippen LogP contribution in [-0.4, -0.2) is 21.8 Å². The molecule has 0 aliphatic heterocycles. The zero-order valence-electron chi connectivity index (χ0n) is 15.0. The molecular formula is C20H28N2O2. The lowest BCUT2D eigenvalue weighted by Crippen LogP contribution is -2.45. The Bertz CT molecular complexity index is 709. The molecule has 0 saturated heterocycles. The number of rotatable bonds is 7. The number of pyridine rings is 1. The Labute approximate surface area is 144 Å². The third-order valence-electron chi connectivity index (χ3n) is 4.83. The number of nitrogens with one attached hydrogen (secondary N) is 1. The van der Waals surface area contributed by atoms with Gasteiger partial charge in [0.1, 0.15) is 0 Å². The van der Waals surface area contributed by atoms with E-state index >= 15 is 0 Å². The first-order valence-electron chi connectivity index (χ1n) is 8.35. The number of hydrogen-bond acceptors (Lipinski definition) is 3. The van der Waals surface area contributed by atoms with Crippen molar-refractivity contribution in [2.24, 2.45) is 5.41 Å². The highest BCUT2D eigenvalue weighted by Crippen LogP contribution is 2.29. The van der Waals surface area contributed by atoms with Crippen LogP contribution in [0.2, 0.25) is 0 Å². The second kappa shape index (κ2) is 7.32. The molecule has 24 heavy (non-hydrogen) atoms. The number of benzene rings is 1. The van der Waals surface area contributed by atoms with Crippen LogP contribution in [0.15, 0.2) is 53.5 Å². The van der Waals surface area contributed by atoms with Crippen molar-refractivity contribution < 1.29 is 5.11 Å². The average molecular weight is 328 g/mol. The molecule has 0 bridgehead atoms. The van der Waals surface area contributed by atoms with E-state index in [0.717, 1.165) is 18.7 Å². The topological polar surface area (TPSA) is 54.3 Å². The van der Waals surface area contributed by atoms with Crippen molar-refractivity contribution >= 4 is 0 Å². The van der Waals surface area contributed by atoms with E-state index in [1.807, 2.05) is 19.9 Å². The highest BCUT2D eigenvalue weighted by Gasteiger charge is 2.34. The minimum absolute atomic E-state index is 0.0112. The molecule has 0 radical (unpaired) electrons. The highest BCUT2D eigenvalue weighted by molar-refractivity contribution is 5.23. The normalized spacial score (nSPS) is 12.4. The molecule has 0 unspecified atom stereocenters. The van der Waals surface area contributed by atoms with Crippen LogP contribution >= 0.6 is 0 Å². The Morgan fingerprint density at radius 1 is 1.00 bits per heavy atom. The molecule has 130 valence electrons. The van der Waals surface area contributed by atoms with Crippen molar-refractivity contribution in [2.75, 3.05) is 6.54 Å². The Hall–Kier alpha value is -1.91. The summed E-state index contributed by atoms with van der Waals surface area (Å²) in [6.07, 6.45) is 1.80. The lowest BCUT2D eigenvalue weighted by molar-refractivity contribution is -0.0338. The van der Waals surface area contributed by atoms with Crippen molar-refractivity contribution in [3.63, 3.8) is 0 Å². The molecule has 4 heteroatoms. The molecule has 1 aromatic heterocycles. The maximum absolute atomic E-state index is 11.7. The first kappa shape index (κ1) is 18.4. The van der Waals surface area contributed by atoms with Crippen LogP contribution in [0, 0.1) is 5.41 Å². The van der Waals surface area contributed by atoms with Crippen LogP contribution in [0.1, 0.15) is 38.8 Å². The Kier molecular flexibility index (Phi) is 5.62.